The van der Waals surface area contributed by atoms with Gasteiger partial charge >= 0.3 is 0 Å². The molecule has 1 heterocycles. The van der Waals surface area contributed by atoms with Crippen LogP contribution in [0.3, 0.4) is 0 Å². The fraction of sp³-hybridized carbons (Fsp3) is 0.429. The number of benzene rings is 1. The van der Waals surface area contributed by atoms with Crippen LogP contribution in [0.4, 0.5) is 0 Å². The summed E-state index contributed by atoms with van der Waals surface area (Å²) < 4.78 is 0. The normalized spacial score (nSPS) is 17.2. The predicted molar refractivity (Wildman–Crippen MR) is 72.6 cm³/mol. The molecule has 2 rings (SSSR count). The van der Waals surface area contributed by atoms with E-state index in [0.717, 1.165) is 30.1 Å². The molecular formula is C14H19N3. The standard InChI is InChI=1S/C14H19N3/c1-12(13-8-4-2-5-9-13)16-17-14-10-6-3-7-11-15-14/h2,4-5,8-9H,3,6-7,10-11H2,1H3,(H,15,17). The molecule has 17 heavy (non-hydrogen) atoms. The van der Waals surface area contributed by atoms with Crippen LogP contribution in [0.25, 0.3) is 0 Å². The highest BCUT2D eigenvalue weighted by Gasteiger charge is 2.03. The summed E-state index contributed by atoms with van der Waals surface area (Å²) >= 11 is 0. The van der Waals surface area contributed by atoms with E-state index in [9.17, 15) is 0 Å². The van der Waals surface area contributed by atoms with E-state index in [2.05, 4.69) is 27.7 Å². The van der Waals surface area contributed by atoms with E-state index in [1.54, 1.807) is 0 Å². The van der Waals surface area contributed by atoms with E-state index < -0.39 is 0 Å². The summed E-state index contributed by atoms with van der Waals surface area (Å²) in [7, 11) is 0. The van der Waals surface area contributed by atoms with Crippen molar-refractivity contribution in [1.29, 1.82) is 0 Å². The fourth-order valence-electron chi connectivity index (χ4n) is 1.86. The van der Waals surface area contributed by atoms with Crippen molar-refractivity contribution in [3.8, 4) is 0 Å². The number of hydrazone groups is 1. The second-order valence-electron chi connectivity index (χ2n) is 4.31. The molecule has 0 aliphatic carbocycles. The maximum atomic E-state index is 4.49. The Labute approximate surface area is 103 Å². The Morgan fingerprint density at radius 2 is 2.00 bits per heavy atom. The van der Waals surface area contributed by atoms with Gasteiger partial charge in [-0.25, -0.2) is 0 Å². The first kappa shape index (κ1) is 11.8. The van der Waals surface area contributed by atoms with Gasteiger partial charge in [0.05, 0.1) is 5.71 Å². The van der Waals surface area contributed by atoms with Gasteiger partial charge in [-0.2, -0.15) is 5.10 Å². The Balaban J connectivity index is 1.98. The molecule has 0 amide bonds. The molecule has 1 N–H and O–H groups in total. The van der Waals surface area contributed by atoms with Crippen molar-refractivity contribution in [3.63, 3.8) is 0 Å². The average Bonchev–Trinajstić information content (AvgIpc) is 2.65. The maximum Gasteiger partial charge on any atom is 0.117 e. The fourth-order valence-corrected chi connectivity index (χ4v) is 1.86. The second-order valence-corrected chi connectivity index (χ2v) is 4.31. The first-order valence-corrected chi connectivity index (χ1v) is 6.25. The van der Waals surface area contributed by atoms with E-state index in [-0.39, 0.29) is 0 Å². The van der Waals surface area contributed by atoms with Crippen molar-refractivity contribution in [2.45, 2.75) is 32.6 Å². The smallest absolute Gasteiger partial charge is 0.117 e. The summed E-state index contributed by atoms with van der Waals surface area (Å²) in [5.41, 5.74) is 5.24. The van der Waals surface area contributed by atoms with Crippen LogP contribution in [0.5, 0.6) is 0 Å². The van der Waals surface area contributed by atoms with Gasteiger partial charge < -0.3 is 0 Å². The second kappa shape index (κ2) is 6.18. The molecule has 0 spiro atoms. The highest BCUT2D eigenvalue weighted by Crippen LogP contribution is 2.06. The number of aliphatic imine (C=N–C) groups is 1. The van der Waals surface area contributed by atoms with Crippen LogP contribution in [-0.4, -0.2) is 18.1 Å². The minimum absolute atomic E-state index is 0.933. The van der Waals surface area contributed by atoms with Crippen LogP contribution in [-0.2, 0) is 0 Å². The maximum absolute atomic E-state index is 4.49. The van der Waals surface area contributed by atoms with Crippen LogP contribution in [0.1, 0.15) is 38.2 Å². The molecular weight excluding hydrogens is 210 g/mol. The molecule has 0 radical (unpaired) electrons. The summed E-state index contributed by atoms with van der Waals surface area (Å²) in [6, 6.07) is 10.2. The summed E-state index contributed by atoms with van der Waals surface area (Å²) in [4.78, 5) is 4.49. The molecule has 1 aromatic rings. The van der Waals surface area contributed by atoms with Crippen LogP contribution in [0, 0.1) is 0 Å². The first-order chi connectivity index (χ1) is 8.36. The van der Waals surface area contributed by atoms with Gasteiger partial charge in [-0.3, -0.25) is 10.4 Å². The minimum atomic E-state index is 0.933. The summed E-state index contributed by atoms with van der Waals surface area (Å²) in [6.45, 7) is 2.95. The number of hydrogen-bond donors (Lipinski definition) is 1. The molecule has 0 saturated carbocycles. The number of amidine groups is 1. The average molecular weight is 229 g/mol. The topological polar surface area (TPSA) is 36.8 Å². The lowest BCUT2D eigenvalue weighted by Crippen LogP contribution is -2.19. The van der Waals surface area contributed by atoms with Crippen molar-refractivity contribution >= 4 is 11.5 Å². The Hall–Kier alpha value is -1.64. The van der Waals surface area contributed by atoms with Gasteiger partial charge in [0.25, 0.3) is 0 Å². The Morgan fingerprint density at radius 1 is 1.18 bits per heavy atom. The van der Waals surface area contributed by atoms with E-state index in [1.165, 1.54) is 19.3 Å². The Morgan fingerprint density at radius 3 is 2.82 bits per heavy atom. The lowest BCUT2D eigenvalue weighted by atomic mass is 10.1. The zero-order valence-corrected chi connectivity index (χ0v) is 10.3. The van der Waals surface area contributed by atoms with Crippen LogP contribution in [0.15, 0.2) is 40.4 Å². The largest absolute Gasteiger partial charge is 0.271 e. The molecule has 0 bridgehead atoms. The zero-order valence-electron chi connectivity index (χ0n) is 10.3. The predicted octanol–water partition coefficient (Wildman–Crippen LogP) is 2.97. The van der Waals surface area contributed by atoms with Crippen molar-refractivity contribution < 1.29 is 0 Å². The Bertz CT molecular complexity index is 407. The number of nitrogens with one attached hydrogen (secondary N) is 1. The van der Waals surface area contributed by atoms with Crippen LogP contribution in [0.2, 0.25) is 0 Å². The number of rotatable bonds is 2. The third-order valence-electron chi connectivity index (χ3n) is 2.92. The van der Waals surface area contributed by atoms with Gasteiger partial charge in [-0.05, 0) is 25.3 Å². The Kier molecular flexibility index (Phi) is 4.30. The molecule has 1 aromatic carbocycles. The molecule has 0 unspecified atom stereocenters. The number of nitrogens with zero attached hydrogens (tertiary/aromatic N) is 2. The summed E-state index contributed by atoms with van der Waals surface area (Å²) in [5, 5.41) is 4.40. The SMILES string of the molecule is CC(=NNC1=NCCCCC1)c1ccccc1. The van der Waals surface area contributed by atoms with Gasteiger partial charge in [0.2, 0.25) is 0 Å². The molecule has 0 saturated heterocycles. The number of hydrogen-bond acceptors (Lipinski definition) is 3. The molecule has 0 atom stereocenters. The highest BCUT2D eigenvalue weighted by molar-refractivity contribution is 5.99. The molecule has 3 heteroatoms. The van der Waals surface area contributed by atoms with Crippen molar-refractivity contribution in [1.82, 2.24) is 5.43 Å². The van der Waals surface area contributed by atoms with Crippen LogP contribution >= 0.6 is 0 Å². The van der Waals surface area contributed by atoms with Gasteiger partial charge in [0, 0.05) is 13.0 Å². The first-order valence-electron chi connectivity index (χ1n) is 6.25. The third-order valence-corrected chi connectivity index (χ3v) is 2.92. The van der Waals surface area contributed by atoms with E-state index in [1.807, 2.05) is 25.1 Å². The zero-order chi connectivity index (χ0) is 11.9. The monoisotopic (exact) mass is 229 g/mol. The molecule has 90 valence electrons. The lowest BCUT2D eigenvalue weighted by molar-refractivity contribution is 0.729. The van der Waals surface area contributed by atoms with Gasteiger partial charge in [-0.1, -0.05) is 36.8 Å². The molecule has 1 aliphatic rings. The van der Waals surface area contributed by atoms with E-state index in [4.69, 9.17) is 0 Å². The quantitative estimate of drug-likeness (QED) is 0.614. The molecule has 0 fully saturated rings. The van der Waals surface area contributed by atoms with Gasteiger partial charge in [0.1, 0.15) is 5.84 Å². The van der Waals surface area contributed by atoms with Crippen molar-refractivity contribution in [2.75, 3.05) is 6.54 Å². The summed E-state index contributed by atoms with van der Waals surface area (Å²) in [6.07, 6.45) is 4.71. The molecule has 1 aliphatic heterocycles. The highest BCUT2D eigenvalue weighted by atomic mass is 15.3. The van der Waals surface area contributed by atoms with Gasteiger partial charge in [-0.15, -0.1) is 0 Å². The molecule has 3 nitrogen and oxygen atoms in total. The molecule has 0 aromatic heterocycles. The lowest BCUT2D eigenvalue weighted by Gasteiger charge is -2.05. The van der Waals surface area contributed by atoms with Crippen molar-refractivity contribution in [2.24, 2.45) is 10.1 Å². The van der Waals surface area contributed by atoms with E-state index in [0.29, 0.717) is 0 Å². The van der Waals surface area contributed by atoms with Gasteiger partial charge in [0.15, 0.2) is 0 Å². The summed E-state index contributed by atoms with van der Waals surface area (Å²) in [5.74, 6) is 1.03. The third kappa shape index (κ3) is 3.70. The minimum Gasteiger partial charge on any atom is -0.271 e. The van der Waals surface area contributed by atoms with E-state index >= 15 is 0 Å². The van der Waals surface area contributed by atoms with Crippen LogP contribution < -0.4 is 5.43 Å². The van der Waals surface area contributed by atoms with Crippen molar-refractivity contribution in [3.05, 3.63) is 35.9 Å².